The molecule has 2 aliphatic heterocycles. The van der Waals surface area contributed by atoms with Crippen LogP contribution >= 0.6 is 11.6 Å². The lowest BCUT2D eigenvalue weighted by Crippen LogP contribution is -2.36. The zero-order chi connectivity index (χ0) is 19.8. The maximum Gasteiger partial charge on any atom is 0.255 e. The zero-order valence-corrected chi connectivity index (χ0v) is 17.0. The first-order chi connectivity index (χ1) is 14.1. The summed E-state index contributed by atoms with van der Waals surface area (Å²) in [6.07, 6.45) is 5.05. The van der Waals surface area contributed by atoms with Crippen LogP contribution < -0.4 is 10.6 Å². The lowest BCUT2D eigenvalue weighted by Gasteiger charge is -2.37. The third kappa shape index (κ3) is 3.52. The Morgan fingerprint density at radius 2 is 1.86 bits per heavy atom. The van der Waals surface area contributed by atoms with Crippen LogP contribution in [0.2, 0.25) is 5.15 Å². The lowest BCUT2D eigenvalue weighted by atomic mass is 9.68. The van der Waals surface area contributed by atoms with E-state index in [0.717, 1.165) is 29.9 Å². The Hall–Kier alpha value is -2.43. The first kappa shape index (κ1) is 18.6. The van der Waals surface area contributed by atoms with Gasteiger partial charge in [0.05, 0.1) is 11.2 Å². The van der Waals surface area contributed by atoms with Crippen LogP contribution in [0, 0.1) is 5.92 Å². The second-order valence-corrected chi connectivity index (χ2v) is 8.76. The monoisotopic (exact) mass is 405 g/mol. The molecule has 148 valence electrons. The van der Waals surface area contributed by atoms with Crippen LogP contribution in [-0.2, 0) is 5.41 Å². The van der Waals surface area contributed by atoms with E-state index in [1.54, 1.807) is 0 Å². The van der Waals surface area contributed by atoms with Crippen molar-refractivity contribution in [3.05, 3.63) is 70.9 Å². The number of para-hydroxylation sites is 1. The normalized spacial score (nSPS) is 23.7. The number of hydrogen-bond acceptors (Lipinski definition) is 3. The van der Waals surface area contributed by atoms with Gasteiger partial charge in [0.15, 0.2) is 5.15 Å². The molecular formula is C24H24ClN3O. The molecular weight excluding hydrogens is 382 g/mol. The summed E-state index contributed by atoms with van der Waals surface area (Å²) < 4.78 is 0. The van der Waals surface area contributed by atoms with Crippen LogP contribution in [-0.4, -0.2) is 24.0 Å². The molecule has 2 bridgehead atoms. The van der Waals surface area contributed by atoms with Gasteiger partial charge in [-0.15, -0.1) is 0 Å². The highest BCUT2D eigenvalue weighted by atomic mass is 35.5. The molecule has 2 saturated heterocycles. The molecule has 3 aromatic rings. The second-order valence-electron chi connectivity index (χ2n) is 8.41. The van der Waals surface area contributed by atoms with Crippen molar-refractivity contribution in [1.82, 2.24) is 10.3 Å². The SMILES string of the molecule is O=C(Nc1cc2ccccc2nc1Cl)c1ccc(C23CCC(CC2)CNC3)cc1. The third-order valence-electron chi connectivity index (χ3n) is 6.64. The quantitative estimate of drug-likeness (QED) is 0.591. The van der Waals surface area contributed by atoms with Crippen LogP contribution in [0.1, 0.15) is 41.6 Å². The highest BCUT2D eigenvalue weighted by Gasteiger charge is 2.39. The Kier molecular flexibility index (Phi) is 4.76. The van der Waals surface area contributed by atoms with E-state index in [0.29, 0.717) is 16.4 Å². The molecule has 0 atom stereocenters. The largest absolute Gasteiger partial charge is 0.319 e. The fourth-order valence-electron chi connectivity index (χ4n) is 4.87. The van der Waals surface area contributed by atoms with E-state index < -0.39 is 0 Å². The summed E-state index contributed by atoms with van der Waals surface area (Å²) in [6, 6.07) is 17.7. The van der Waals surface area contributed by atoms with E-state index in [1.165, 1.54) is 31.2 Å². The fourth-order valence-corrected chi connectivity index (χ4v) is 5.06. The second kappa shape index (κ2) is 7.43. The average molecular weight is 406 g/mol. The predicted molar refractivity (Wildman–Crippen MR) is 118 cm³/mol. The number of rotatable bonds is 3. The molecule has 1 amide bonds. The van der Waals surface area contributed by atoms with Crippen LogP contribution in [0.3, 0.4) is 0 Å². The van der Waals surface area contributed by atoms with Gasteiger partial charge in [-0.3, -0.25) is 4.79 Å². The molecule has 1 aromatic heterocycles. The molecule has 0 unspecified atom stereocenters. The number of nitrogens with one attached hydrogen (secondary N) is 2. The number of amides is 1. The molecule has 6 rings (SSSR count). The van der Waals surface area contributed by atoms with E-state index in [1.807, 2.05) is 42.5 Å². The lowest BCUT2D eigenvalue weighted by molar-refractivity contribution is 0.102. The van der Waals surface area contributed by atoms with Crippen molar-refractivity contribution in [3.8, 4) is 0 Å². The van der Waals surface area contributed by atoms with E-state index >= 15 is 0 Å². The molecule has 3 aliphatic rings. The van der Waals surface area contributed by atoms with Gasteiger partial charge < -0.3 is 10.6 Å². The van der Waals surface area contributed by atoms with Gasteiger partial charge >= 0.3 is 0 Å². The highest BCUT2D eigenvalue weighted by Crippen LogP contribution is 2.43. The molecule has 2 aromatic carbocycles. The number of anilines is 1. The number of carbonyl (C=O) groups is 1. The molecule has 0 radical (unpaired) electrons. The molecule has 1 aliphatic carbocycles. The summed E-state index contributed by atoms with van der Waals surface area (Å²) >= 11 is 6.29. The Morgan fingerprint density at radius 1 is 1.10 bits per heavy atom. The summed E-state index contributed by atoms with van der Waals surface area (Å²) in [4.78, 5) is 17.2. The number of aromatic nitrogens is 1. The van der Waals surface area contributed by atoms with E-state index in [4.69, 9.17) is 11.6 Å². The Bertz CT molecular complexity index is 1050. The zero-order valence-electron chi connectivity index (χ0n) is 16.2. The molecule has 4 nitrogen and oxygen atoms in total. The third-order valence-corrected chi connectivity index (χ3v) is 6.93. The minimum atomic E-state index is -0.171. The number of pyridine rings is 1. The van der Waals surface area contributed by atoms with Crippen LogP contribution in [0.15, 0.2) is 54.6 Å². The number of nitrogens with zero attached hydrogens (tertiary/aromatic N) is 1. The van der Waals surface area contributed by atoms with Crippen molar-refractivity contribution >= 4 is 34.1 Å². The molecule has 1 saturated carbocycles. The smallest absolute Gasteiger partial charge is 0.255 e. The van der Waals surface area contributed by atoms with Gasteiger partial charge in [-0.1, -0.05) is 41.9 Å². The van der Waals surface area contributed by atoms with Gasteiger partial charge in [0.25, 0.3) is 5.91 Å². The number of halogens is 1. The van der Waals surface area contributed by atoms with Crippen molar-refractivity contribution in [1.29, 1.82) is 0 Å². The van der Waals surface area contributed by atoms with Gasteiger partial charge in [-0.05, 0) is 68.0 Å². The maximum absolute atomic E-state index is 12.8. The van der Waals surface area contributed by atoms with Crippen LogP contribution in [0.5, 0.6) is 0 Å². The van der Waals surface area contributed by atoms with Gasteiger partial charge in [-0.25, -0.2) is 4.98 Å². The van der Waals surface area contributed by atoms with Crippen LogP contribution in [0.4, 0.5) is 5.69 Å². The molecule has 29 heavy (non-hydrogen) atoms. The number of benzene rings is 2. The molecule has 3 fully saturated rings. The van der Waals surface area contributed by atoms with Crippen LogP contribution in [0.25, 0.3) is 10.9 Å². The van der Waals surface area contributed by atoms with Gasteiger partial charge in [0.1, 0.15) is 0 Å². The van der Waals surface area contributed by atoms with Crippen molar-refractivity contribution < 1.29 is 4.79 Å². The van der Waals surface area contributed by atoms with Crippen molar-refractivity contribution in [2.24, 2.45) is 5.92 Å². The summed E-state index contributed by atoms with van der Waals surface area (Å²) in [6.45, 7) is 2.18. The minimum absolute atomic E-state index is 0.171. The Balaban J connectivity index is 1.36. The highest BCUT2D eigenvalue weighted by molar-refractivity contribution is 6.33. The molecule has 3 heterocycles. The fraction of sp³-hybridized carbons (Fsp3) is 0.333. The van der Waals surface area contributed by atoms with Crippen molar-refractivity contribution in [2.45, 2.75) is 31.1 Å². The number of carbonyl (C=O) groups excluding carboxylic acids is 1. The first-order valence-electron chi connectivity index (χ1n) is 10.3. The Morgan fingerprint density at radius 3 is 2.66 bits per heavy atom. The van der Waals surface area contributed by atoms with Crippen molar-refractivity contribution in [2.75, 3.05) is 18.4 Å². The summed E-state index contributed by atoms with van der Waals surface area (Å²) in [5.41, 5.74) is 3.53. The Labute approximate surface area is 175 Å². The molecule has 5 heteroatoms. The van der Waals surface area contributed by atoms with Gasteiger partial charge in [0.2, 0.25) is 0 Å². The standard InChI is InChI=1S/C24H24ClN3O/c25-22-21(13-18-3-1-2-4-20(18)27-22)28-23(29)17-5-7-19(8-6-17)24-11-9-16(10-12-24)14-26-15-24/h1-8,13,16,26H,9-12,14-15H2,(H,28,29). The van der Waals surface area contributed by atoms with Crippen molar-refractivity contribution in [3.63, 3.8) is 0 Å². The van der Waals surface area contributed by atoms with Gasteiger partial charge in [0, 0.05) is 22.9 Å². The van der Waals surface area contributed by atoms with Gasteiger partial charge in [-0.2, -0.15) is 0 Å². The number of fused-ring (bicyclic) bond motifs is 5. The average Bonchev–Trinajstić information content (AvgIpc) is 3.09. The maximum atomic E-state index is 12.8. The van der Waals surface area contributed by atoms with E-state index in [-0.39, 0.29) is 11.3 Å². The van der Waals surface area contributed by atoms with E-state index in [9.17, 15) is 4.79 Å². The number of hydrogen-bond donors (Lipinski definition) is 2. The van der Waals surface area contributed by atoms with E-state index in [2.05, 4.69) is 27.8 Å². The summed E-state index contributed by atoms with van der Waals surface area (Å²) in [7, 11) is 0. The minimum Gasteiger partial charge on any atom is -0.319 e. The first-order valence-corrected chi connectivity index (χ1v) is 10.7. The topological polar surface area (TPSA) is 54.0 Å². The molecule has 2 N–H and O–H groups in total. The molecule has 0 spiro atoms. The summed E-state index contributed by atoms with van der Waals surface area (Å²) in [5, 5.41) is 7.79. The summed E-state index contributed by atoms with van der Waals surface area (Å²) in [5.74, 6) is 0.659. The predicted octanol–water partition coefficient (Wildman–Crippen LogP) is 5.17.